The summed E-state index contributed by atoms with van der Waals surface area (Å²) in [5, 5.41) is 0. The third-order valence-corrected chi connectivity index (χ3v) is 3.05. The van der Waals surface area contributed by atoms with Gasteiger partial charge in [-0.3, -0.25) is 4.79 Å². The van der Waals surface area contributed by atoms with Gasteiger partial charge < -0.3 is 14.2 Å². The smallest absolute Gasteiger partial charge is 0.338 e. The van der Waals surface area contributed by atoms with Crippen LogP contribution in [-0.2, 0) is 4.74 Å². The maximum absolute atomic E-state index is 12.0. The zero-order valence-corrected chi connectivity index (χ0v) is 12.4. The van der Waals surface area contributed by atoms with Crippen molar-refractivity contribution >= 4 is 11.8 Å². The molecule has 0 heterocycles. The van der Waals surface area contributed by atoms with Gasteiger partial charge >= 0.3 is 5.97 Å². The average molecular weight is 300 g/mol. The second-order valence-corrected chi connectivity index (χ2v) is 4.44. The van der Waals surface area contributed by atoms with Crippen molar-refractivity contribution in [1.82, 2.24) is 0 Å². The molecule has 0 aromatic heterocycles. The number of Topliss-reactive ketones (excluding diaryl/α,β-unsaturated/α-hetero) is 1. The summed E-state index contributed by atoms with van der Waals surface area (Å²) in [4.78, 5) is 23.9. The Morgan fingerprint density at radius 1 is 0.864 bits per heavy atom. The van der Waals surface area contributed by atoms with E-state index in [2.05, 4.69) is 0 Å². The summed E-state index contributed by atoms with van der Waals surface area (Å²) < 4.78 is 15.3. The summed E-state index contributed by atoms with van der Waals surface area (Å²) in [6.45, 7) is -0.308. The number of esters is 1. The monoisotopic (exact) mass is 300 g/mol. The van der Waals surface area contributed by atoms with E-state index in [0.717, 1.165) is 0 Å². The van der Waals surface area contributed by atoms with Crippen LogP contribution in [0, 0.1) is 0 Å². The number of carbonyl (C=O) groups is 2. The van der Waals surface area contributed by atoms with Crippen molar-refractivity contribution in [3.8, 4) is 11.5 Å². The Bertz CT molecular complexity index is 664. The fourth-order valence-corrected chi connectivity index (χ4v) is 1.89. The maximum Gasteiger partial charge on any atom is 0.338 e. The van der Waals surface area contributed by atoms with E-state index in [1.807, 2.05) is 6.07 Å². The summed E-state index contributed by atoms with van der Waals surface area (Å²) in [6, 6.07) is 13.3. The molecule has 0 spiro atoms. The Hall–Kier alpha value is -2.82. The van der Waals surface area contributed by atoms with Crippen molar-refractivity contribution in [1.29, 1.82) is 0 Å². The molecule has 0 unspecified atom stereocenters. The molecule has 0 aliphatic heterocycles. The van der Waals surface area contributed by atoms with Crippen LogP contribution in [0.4, 0.5) is 0 Å². The minimum Gasteiger partial charge on any atom is -0.493 e. The van der Waals surface area contributed by atoms with Gasteiger partial charge in [0, 0.05) is 5.56 Å². The standard InChI is InChI=1S/C17H16O5/c1-20-15-9-8-13(10-16(15)21-2)17(19)22-11-14(18)12-6-4-3-5-7-12/h3-10H,11H2,1-2H3. The van der Waals surface area contributed by atoms with Gasteiger partial charge in [0.05, 0.1) is 19.8 Å². The molecule has 0 atom stereocenters. The quantitative estimate of drug-likeness (QED) is 0.606. The van der Waals surface area contributed by atoms with Crippen molar-refractivity contribution in [2.45, 2.75) is 0 Å². The fourth-order valence-electron chi connectivity index (χ4n) is 1.89. The molecule has 0 saturated heterocycles. The van der Waals surface area contributed by atoms with Gasteiger partial charge in [0.15, 0.2) is 23.9 Å². The number of methoxy groups -OCH3 is 2. The lowest BCUT2D eigenvalue weighted by Gasteiger charge is -2.09. The Kier molecular flexibility index (Phi) is 5.14. The normalized spacial score (nSPS) is 9.91. The third kappa shape index (κ3) is 3.63. The highest BCUT2D eigenvalue weighted by atomic mass is 16.5. The zero-order chi connectivity index (χ0) is 15.9. The Morgan fingerprint density at radius 2 is 1.55 bits per heavy atom. The van der Waals surface area contributed by atoms with Crippen LogP contribution in [0.5, 0.6) is 11.5 Å². The minimum atomic E-state index is -0.592. The van der Waals surface area contributed by atoms with Crippen LogP contribution in [0.2, 0.25) is 0 Å². The highest BCUT2D eigenvalue weighted by Crippen LogP contribution is 2.27. The predicted molar refractivity (Wildman–Crippen MR) is 80.6 cm³/mol. The molecule has 5 heteroatoms. The van der Waals surface area contributed by atoms with Gasteiger partial charge in [0.25, 0.3) is 0 Å². The van der Waals surface area contributed by atoms with E-state index in [4.69, 9.17) is 14.2 Å². The predicted octanol–water partition coefficient (Wildman–Crippen LogP) is 2.74. The van der Waals surface area contributed by atoms with Crippen LogP contribution in [0.1, 0.15) is 20.7 Å². The van der Waals surface area contributed by atoms with Gasteiger partial charge in [-0.1, -0.05) is 30.3 Å². The SMILES string of the molecule is COc1ccc(C(=O)OCC(=O)c2ccccc2)cc1OC. The molecular weight excluding hydrogens is 284 g/mol. The van der Waals surface area contributed by atoms with E-state index < -0.39 is 5.97 Å². The molecule has 114 valence electrons. The fraction of sp³-hybridized carbons (Fsp3) is 0.176. The number of carbonyl (C=O) groups excluding carboxylic acids is 2. The lowest BCUT2D eigenvalue weighted by atomic mass is 10.1. The van der Waals surface area contributed by atoms with E-state index in [0.29, 0.717) is 22.6 Å². The topological polar surface area (TPSA) is 61.8 Å². The lowest BCUT2D eigenvalue weighted by molar-refractivity contribution is 0.0474. The van der Waals surface area contributed by atoms with Gasteiger partial charge in [0.2, 0.25) is 0 Å². The second-order valence-electron chi connectivity index (χ2n) is 4.44. The number of hydrogen-bond acceptors (Lipinski definition) is 5. The van der Waals surface area contributed by atoms with Crippen LogP contribution in [-0.4, -0.2) is 32.6 Å². The molecule has 0 N–H and O–H groups in total. The number of rotatable bonds is 6. The van der Waals surface area contributed by atoms with E-state index >= 15 is 0 Å². The van der Waals surface area contributed by atoms with Crippen LogP contribution in [0.3, 0.4) is 0 Å². The molecule has 5 nitrogen and oxygen atoms in total. The molecule has 0 radical (unpaired) electrons. The third-order valence-electron chi connectivity index (χ3n) is 3.05. The molecular formula is C17H16O5. The summed E-state index contributed by atoms with van der Waals surface area (Å²) in [7, 11) is 2.99. The summed E-state index contributed by atoms with van der Waals surface area (Å²) in [6.07, 6.45) is 0. The van der Waals surface area contributed by atoms with Crippen LogP contribution < -0.4 is 9.47 Å². The van der Waals surface area contributed by atoms with E-state index in [1.54, 1.807) is 36.4 Å². The molecule has 0 aliphatic rings. The number of hydrogen-bond donors (Lipinski definition) is 0. The Balaban J connectivity index is 2.02. The zero-order valence-electron chi connectivity index (χ0n) is 12.4. The van der Waals surface area contributed by atoms with Crippen LogP contribution >= 0.6 is 0 Å². The summed E-state index contributed by atoms with van der Waals surface area (Å²) in [5.74, 6) is 0.0883. The number of ketones is 1. The molecule has 0 fully saturated rings. The van der Waals surface area contributed by atoms with Gasteiger partial charge in [-0.25, -0.2) is 4.79 Å². The minimum absolute atomic E-state index is 0.255. The molecule has 2 aromatic rings. The van der Waals surface area contributed by atoms with Crippen molar-refractivity contribution in [3.63, 3.8) is 0 Å². The first kappa shape index (κ1) is 15.6. The first-order valence-electron chi connectivity index (χ1n) is 6.63. The Labute approximate surface area is 128 Å². The summed E-state index contributed by atoms with van der Waals surface area (Å²) >= 11 is 0. The molecule has 0 saturated carbocycles. The molecule has 2 aromatic carbocycles. The lowest BCUT2D eigenvalue weighted by Crippen LogP contribution is -2.14. The van der Waals surface area contributed by atoms with Crippen LogP contribution in [0.25, 0.3) is 0 Å². The molecule has 2 rings (SSSR count). The van der Waals surface area contributed by atoms with Crippen molar-refractivity contribution < 1.29 is 23.8 Å². The average Bonchev–Trinajstić information content (AvgIpc) is 2.59. The van der Waals surface area contributed by atoms with Gasteiger partial charge in [-0.05, 0) is 18.2 Å². The summed E-state index contributed by atoms with van der Waals surface area (Å²) in [5.41, 5.74) is 0.793. The van der Waals surface area contributed by atoms with E-state index in [-0.39, 0.29) is 12.4 Å². The molecule has 0 amide bonds. The first-order valence-corrected chi connectivity index (χ1v) is 6.63. The number of ether oxygens (including phenoxy) is 3. The van der Waals surface area contributed by atoms with Crippen molar-refractivity contribution in [2.24, 2.45) is 0 Å². The molecule has 22 heavy (non-hydrogen) atoms. The van der Waals surface area contributed by atoms with Crippen LogP contribution in [0.15, 0.2) is 48.5 Å². The molecule has 0 bridgehead atoms. The van der Waals surface area contributed by atoms with E-state index in [9.17, 15) is 9.59 Å². The number of benzene rings is 2. The van der Waals surface area contributed by atoms with Gasteiger partial charge in [-0.2, -0.15) is 0 Å². The van der Waals surface area contributed by atoms with Gasteiger partial charge in [0.1, 0.15) is 0 Å². The van der Waals surface area contributed by atoms with Crippen molar-refractivity contribution in [3.05, 3.63) is 59.7 Å². The second kappa shape index (κ2) is 7.26. The van der Waals surface area contributed by atoms with E-state index in [1.165, 1.54) is 20.3 Å². The van der Waals surface area contributed by atoms with Gasteiger partial charge in [-0.15, -0.1) is 0 Å². The Morgan fingerprint density at radius 3 is 2.18 bits per heavy atom. The largest absolute Gasteiger partial charge is 0.493 e. The molecule has 0 aliphatic carbocycles. The maximum atomic E-state index is 12.0. The van der Waals surface area contributed by atoms with Crippen molar-refractivity contribution in [2.75, 3.05) is 20.8 Å². The highest BCUT2D eigenvalue weighted by molar-refractivity contribution is 5.99. The first-order chi connectivity index (χ1) is 10.7. The highest BCUT2D eigenvalue weighted by Gasteiger charge is 2.14.